The number of nitrogens with two attached hydrogens (primary N) is 1. The van der Waals surface area contributed by atoms with Gasteiger partial charge in [0.25, 0.3) is 0 Å². The lowest BCUT2D eigenvalue weighted by Gasteiger charge is -2.06. The molecule has 0 atom stereocenters. The Hall–Kier alpha value is -1.47. The molecule has 0 fully saturated rings. The highest BCUT2D eigenvalue weighted by Crippen LogP contribution is 2.23. The standard InChI is InChI=1S/C7H7BrN6/c8-5-6(13-9)10-4-11-7(5)14-3-1-2-12-14/h1-4H,9H2,(H,10,11,13). The van der Waals surface area contributed by atoms with Crippen molar-refractivity contribution in [1.82, 2.24) is 19.7 Å². The van der Waals surface area contributed by atoms with Gasteiger partial charge in [0.2, 0.25) is 0 Å². The van der Waals surface area contributed by atoms with Crippen molar-refractivity contribution in [3.8, 4) is 5.82 Å². The van der Waals surface area contributed by atoms with E-state index in [4.69, 9.17) is 5.84 Å². The summed E-state index contributed by atoms with van der Waals surface area (Å²) in [5.74, 6) is 6.43. The third kappa shape index (κ3) is 1.47. The van der Waals surface area contributed by atoms with Crippen molar-refractivity contribution in [2.24, 2.45) is 5.84 Å². The Balaban J connectivity index is 2.54. The zero-order chi connectivity index (χ0) is 9.97. The van der Waals surface area contributed by atoms with Gasteiger partial charge in [-0.15, -0.1) is 0 Å². The molecule has 6 nitrogen and oxygen atoms in total. The van der Waals surface area contributed by atoms with Gasteiger partial charge in [0.05, 0.1) is 0 Å². The van der Waals surface area contributed by atoms with Crippen LogP contribution in [0.1, 0.15) is 0 Å². The van der Waals surface area contributed by atoms with Gasteiger partial charge in [-0.05, 0) is 22.0 Å². The highest BCUT2D eigenvalue weighted by Gasteiger charge is 2.08. The molecular formula is C7H7BrN6. The van der Waals surface area contributed by atoms with E-state index >= 15 is 0 Å². The minimum atomic E-state index is 0.519. The molecule has 2 aromatic rings. The summed E-state index contributed by atoms with van der Waals surface area (Å²) in [5.41, 5.74) is 2.46. The van der Waals surface area contributed by atoms with Crippen molar-refractivity contribution < 1.29 is 0 Å². The number of hydrogen-bond donors (Lipinski definition) is 2. The van der Waals surface area contributed by atoms with E-state index in [0.29, 0.717) is 16.1 Å². The predicted molar refractivity (Wildman–Crippen MR) is 54.7 cm³/mol. The molecule has 0 radical (unpaired) electrons. The zero-order valence-electron chi connectivity index (χ0n) is 7.05. The first-order chi connectivity index (χ1) is 6.83. The maximum atomic E-state index is 5.27. The molecule has 0 saturated heterocycles. The molecule has 0 spiro atoms. The second kappa shape index (κ2) is 3.72. The van der Waals surface area contributed by atoms with Crippen LogP contribution in [-0.4, -0.2) is 19.7 Å². The molecule has 2 heterocycles. The van der Waals surface area contributed by atoms with Gasteiger partial charge in [0.15, 0.2) is 11.6 Å². The van der Waals surface area contributed by atoms with E-state index in [0.717, 1.165) is 0 Å². The lowest BCUT2D eigenvalue weighted by molar-refractivity contribution is 0.833. The Morgan fingerprint density at radius 1 is 1.43 bits per heavy atom. The number of hydrogen-bond acceptors (Lipinski definition) is 5. The lowest BCUT2D eigenvalue weighted by Crippen LogP contribution is -2.11. The van der Waals surface area contributed by atoms with Crippen LogP contribution in [0.3, 0.4) is 0 Å². The maximum absolute atomic E-state index is 5.27. The van der Waals surface area contributed by atoms with Gasteiger partial charge in [-0.1, -0.05) is 0 Å². The van der Waals surface area contributed by atoms with Crippen LogP contribution in [0.4, 0.5) is 5.82 Å². The fourth-order valence-corrected chi connectivity index (χ4v) is 1.52. The van der Waals surface area contributed by atoms with Crippen LogP contribution in [0.2, 0.25) is 0 Å². The van der Waals surface area contributed by atoms with Gasteiger partial charge >= 0.3 is 0 Å². The van der Waals surface area contributed by atoms with E-state index in [9.17, 15) is 0 Å². The van der Waals surface area contributed by atoms with Crippen molar-refractivity contribution >= 4 is 21.7 Å². The minimum absolute atomic E-state index is 0.519. The normalized spacial score (nSPS) is 10.1. The second-order valence-electron chi connectivity index (χ2n) is 2.45. The Morgan fingerprint density at radius 2 is 2.29 bits per heavy atom. The smallest absolute Gasteiger partial charge is 0.173 e. The molecule has 0 aliphatic rings. The summed E-state index contributed by atoms with van der Waals surface area (Å²) >= 11 is 3.33. The number of halogens is 1. The van der Waals surface area contributed by atoms with E-state index in [2.05, 4.69) is 36.4 Å². The summed E-state index contributed by atoms with van der Waals surface area (Å²) in [6.07, 6.45) is 4.87. The molecule has 0 aliphatic carbocycles. The number of rotatable bonds is 2. The quantitative estimate of drug-likeness (QED) is 0.610. The van der Waals surface area contributed by atoms with Crippen molar-refractivity contribution in [3.05, 3.63) is 29.3 Å². The first-order valence-electron chi connectivity index (χ1n) is 3.80. The maximum Gasteiger partial charge on any atom is 0.173 e. The topological polar surface area (TPSA) is 81.6 Å². The summed E-state index contributed by atoms with van der Waals surface area (Å²) in [5, 5.41) is 4.05. The van der Waals surface area contributed by atoms with Crippen LogP contribution in [0.5, 0.6) is 0 Å². The van der Waals surface area contributed by atoms with Crippen LogP contribution >= 0.6 is 15.9 Å². The highest BCUT2D eigenvalue weighted by atomic mass is 79.9. The Morgan fingerprint density at radius 3 is 2.93 bits per heavy atom. The average Bonchev–Trinajstić information content (AvgIpc) is 2.71. The van der Waals surface area contributed by atoms with Gasteiger partial charge in [-0.2, -0.15) is 5.10 Å². The number of anilines is 1. The van der Waals surface area contributed by atoms with Gasteiger partial charge in [-0.25, -0.2) is 20.5 Å². The fraction of sp³-hybridized carbons (Fsp3) is 0. The number of nitrogens with one attached hydrogen (secondary N) is 1. The molecule has 3 N–H and O–H groups in total. The van der Waals surface area contributed by atoms with E-state index in [1.807, 2.05) is 6.07 Å². The van der Waals surface area contributed by atoms with Crippen molar-refractivity contribution in [3.63, 3.8) is 0 Å². The van der Waals surface area contributed by atoms with Crippen LogP contribution in [0, 0.1) is 0 Å². The van der Waals surface area contributed by atoms with E-state index < -0.39 is 0 Å². The van der Waals surface area contributed by atoms with Crippen molar-refractivity contribution in [1.29, 1.82) is 0 Å². The molecule has 0 aromatic carbocycles. The molecule has 72 valence electrons. The Kier molecular flexibility index (Phi) is 2.42. The summed E-state index contributed by atoms with van der Waals surface area (Å²) in [6.45, 7) is 0. The van der Waals surface area contributed by atoms with Crippen LogP contribution in [-0.2, 0) is 0 Å². The predicted octanol–water partition coefficient (Wildman–Crippen LogP) is 0.710. The molecule has 0 bridgehead atoms. The molecule has 7 heteroatoms. The van der Waals surface area contributed by atoms with Crippen LogP contribution in [0.25, 0.3) is 5.82 Å². The number of nitrogen functional groups attached to an aromatic ring is 1. The second-order valence-corrected chi connectivity index (χ2v) is 3.25. The van der Waals surface area contributed by atoms with Gasteiger partial charge in [0.1, 0.15) is 10.8 Å². The molecule has 2 aromatic heterocycles. The Bertz CT molecular complexity index is 426. The first-order valence-corrected chi connectivity index (χ1v) is 4.59. The zero-order valence-corrected chi connectivity index (χ0v) is 8.64. The van der Waals surface area contributed by atoms with E-state index in [-0.39, 0.29) is 0 Å². The van der Waals surface area contributed by atoms with E-state index in [1.165, 1.54) is 6.33 Å². The monoisotopic (exact) mass is 254 g/mol. The van der Waals surface area contributed by atoms with E-state index in [1.54, 1.807) is 17.1 Å². The fourth-order valence-electron chi connectivity index (χ4n) is 1.01. The van der Waals surface area contributed by atoms with Crippen molar-refractivity contribution in [2.75, 3.05) is 5.43 Å². The lowest BCUT2D eigenvalue weighted by atomic mass is 10.5. The summed E-state index contributed by atoms with van der Waals surface area (Å²) in [4.78, 5) is 8.01. The van der Waals surface area contributed by atoms with Gasteiger partial charge in [0, 0.05) is 12.4 Å². The van der Waals surface area contributed by atoms with Gasteiger partial charge < -0.3 is 5.43 Å². The molecule has 0 aliphatic heterocycles. The molecule has 0 amide bonds. The third-order valence-electron chi connectivity index (χ3n) is 1.63. The molecule has 0 saturated carbocycles. The summed E-state index contributed by atoms with van der Waals surface area (Å²) < 4.78 is 2.29. The number of nitrogens with zero attached hydrogens (tertiary/aromatic N) is 4. The first kappa shape index (κ1) is 9.10. The highest BCUT2D eigenvalue weighted by molar-refractivity contribution is 9.10. The minimum Gasteiger partial charge on any atom is -0.307 e. The molecular weight excluding hydrogens is 248 g/mol. The molecule has 14 heavy (non-hydrogen) atoms. The van der Waals surface area contributed by atoms with Crippen LogP contribution < -0.4 is 11.3 Å². The molecule has 0 unspecified atom stereocenters. The number of hydrazine groups is 1. The number of aromatic nitrogens is 4. The third-order valence-corrected chi connectivity index (χ3v) is 2.36. The largest absolute Gasteiger partial charge is 0.307 e. The van der Waals surface area contributed by atoms with Crippen LogP contribution in [0.15, 0.2) is 29.3 Å². The molecule has 2 rings (SSSR count). The van der Waals surface area contributed by atoms with Gasteiger partial charge in [-0.3, -0.25) is 0 Å². The Labute approximate surface area is 88.3 Å². The SMILES string of the molecule is NNc1ncnc(-n2cccn2)c1Br. The summed E-state index contributed by atoms with van der Waals surface area (Å²) in [7, 11) is 0. The summed E-state index contributed by atoms with van der Waals surface area (Å²) in [6, 6.07) is 1.81. The van der Waals surface area contributed by atoms with Crippen molar-refractivity contribution in [2.45, 2.75) is 0 Å². The average molecular weight is 255 g/mol.